The predicted molar refractivity (Wildman–Crippen MR) is 82.1 cm³/mol. The number of nitrogen functional groups attached to an aromatic ring is 1. The fourth-order valence-electron chi connectivity index (χ4n) is 2.42. The molecule has 2 aromatic carbocycles. The highest BCUT2D eigenvalue weighted by Crippen LogP contribution is 2.34. The number of hydrogen-bond acceptors (Lipinski definition) is 3. The molecule has 0 amide bonds. The highest BCUT2D eigenvalue weighted by molar-refractivity contribution is 5.61. The number of para-hydroxylation sites is 1. The van der Waals surface area contributed by atoms with Crippen molar-refractivity contribution >= 4 is 5.69 Å². The summed E-state index contributed by atoms with van der Waals surface area (Å²) in [4.78, 5) is 0. The first-order chi connectivity index (χ1) is 9.45. The highest BCUT2D eigenvalue weighted by Gasteiger charge is 2.18. The Morgan fingerprint density at radius 3 is 2.30 bits per heavy atom. The summed E-state index contributed by atoms with van der Waals surface area (Å²) in [7, 11) is 1.57. The van der Waals surface area contributed by atoms with Crippen LogP contribution in [0.2, 0.25) is 0 Å². The lowest BCUT2D eigenvalue weighted by atomic mass is 9.93. The Hall–Kier alpha value is -2.00. The summed E-state index contributed by atoms with van der Waals surface area (Å²) in [5.41, 5.74) is 11.5. The van der Waals surface area contributed by atoms with Gasteiger partial charge >= 0.3 is 0 Å². The number of anilines is 1. The number of hydrogen-bond donors (Lipinski definition) is 2. The van der Waals surface area contributed by atoms with Gasteiger partial charge in [-0.15, -0.1) is 0 Å². The number of benzene rings is 2. The van der Waals surface area contributed by atoms with Gasteiger partial charge in [0.15, 0.2) is 0 Å². The summed E-state index contributed by atoms with van der Waals surface area (Å²) in [5.74, 6) is 0.586. The van der Waals surface area contributed by atoms with Crippen molar-refractivity contribution in [2.45, 2.75) is 26.9 Å². The van der Waals surface area contributed by atoms with Crippen molar-refractivity contribution in [1.29, 1.82) is 0 Å². The number of nitrogens with two attached hydrogens (primary N) is 1. The molecule has 0 aliphatic rings. The largest absolute Gasteiger partial charge is 0.495 e. The van der Waals surface area contributed by atoms with Gasteiger partial charge in [-0.2, -0.15) is 0 Å². The van der Waals surface area contributed by atoms with E-state index in [1.165, 1.54) is 5.56 Å². The van der Waals surface area contributed by atoms with E-state index in [2.05, 4.69) is 13.0 Å². The molecule has 1 atom stereocenters. The van der Waals surface area contributed by atoms with Gasteiger partial charge in [0.1, 0.15) is 11.9 Å². The van der Waals surface area contributed by atoms with Crippen LogP contribution in [0.4, 0.5) is 5.69 Å². The van der Waals surface area contributed by atoms with Crippen LogP contribution < -0.4 is 10.5 Å². The van der Waals surface area contributed by atoms with E-state index in [1.54, 1.807) is 13.2 Å². The maximum absolute atomic E-state index is 10.7. The number of methoxy groups -OCH3 is 1. The first-order valence-corrected chi connectivity index (χ1v) is 6.64. The van der Waals surface area contributed by atoms with Crippen molar-refractivity contribution in [2.75, 3.05) is 12.8 Å². The zero-order valence-corrected chi connectivity index (χ0v) is 12.4. The normalized spacial score (nSPS) is 12.2. The summed E-state index contributed by atoms with van der Waals surface area (Å²) in [5, 5.41) is 10.7. The molecule has 2 aromatic rings. The van der Waals surface area contributed by atoms with Gasteiger partial charge in [-0.3, -0.25) is 0 Å². The molecule has 3 nitrogen and oxygen atoms in total. The zero-order valence-electron chi connectivity index (χ0n) is 12.4. The predicted octanol–water partition coefficient (Wildman–Crippen LogP) is 3.28. The van der Waals surface area contributed by atoms with Crippen molar-refractivity contribution in [3.05, 3.63) is 58.1 Å². The third-order valence-electron chi connectivity index (χ3n) is 3.79. The minimum absolute atomic E-state index is 0.486. The monoisotopic (exact) mass is 271 g/mol. The lowest BCUT2D eigenvalue weighted by Gasteiger charge is -2.19. The van der Waals surface area contributed by atoms with Crippen LogP contribution in [0, 0.1) is 20.8 Å². The van der Waals surface area contributed by atoms with Crippen LogP contribution in [0.15, 0.2) is 30.3 Å². The van der Waals surface area contributed by atoms with Gasteiger partial charge in [-0.25, -0.2) is 0 Å². The van der Waals surface area contributed by atoms with E-state index >= 15 is 0 Å². The molecule has 2 rings (SSSR count). The SMILES string of the molecule is COc1cccc(C(O)c2cc(C)c(C)cc2C)c1N. The van der Waals surface area contributed by atoms with E-state index in [4.69, 9.17) is 10.5 Å². The van der Waals surface area contributed by atoms with E-state index in [0.29, 0.717) is 17.0 Å². The van der Waals surface area contributed by atoms with Crippen molar-refractivity contribution in [2.24, 2.45) is 0 Å². The molecule has 0 spiro atoms. The lowest BCUT2D eigenvalue weighted by Crippen LogP contribution is -2.07. The van der Waals surface area contributed by atoms with E-state index in [-0.39, 0.29) is 0 Å². The van der Waals surface area contributed by atoms with Gasteiger partial charge < -0.3 is 15.6 Å². The van der Waals surface area contributed by atoms with Crippen molar-refractivity contribution in [3.8, 4) is 5.75 Å². The Bertz CT molecular complexity index is 635. The van der Waals surface area contributed by atoms with Gasteiger partial charge in [-0.1, -0.05) is 24.3 Å². The average molecular weight is 271 g/mol. The molecule has 1 unspecified atom stereocenters. The minimum atomic E-state index is -0.746. The summed E-state index contributed by atoms with van der Waals surface area (Å²) >= 11 is 0. The highest BCUT2D eigenvalue weighted by atomic mass is 16.5. The lowest BCUT2D eigenvalue weighted by molar-refractivity contribution is 0.220. The Labute approximate surface area is 120 Å². The first-order valence-electron chi connectivity index (χ1n) is 6.64. The van der Waals surface area contributed by atoms with Crippen LogP contribution in [-0.4, -0.2) is 12.2 Å². The second kappa shape index (κ2) is 5.55. The standard InChI is InChI=1S/C17H21NO2/c1-10-8-12(3)14(9-11(10)2)17(19)13-6-5-7-15(20-4)16(13)18/h5-9,17,19H,18H2,1-4H3. The molecule has 0 aliphatic carbocycles. The van der Waals surface area contributed by atoms with E-state index in [0.717, 1.165) is 16.7 Å². The second-order valence-electron chi connectivity index (χ2n) is 5.16. The molecular weight excluding hydrogens is 250 g/mol. The van der Waals surface area contributed by atoms with Crippen molar-refractivity contribution in [3.63, 3.8) is 0 Å². The third-order valence-corrected chi connectivity index (χ3v) is 3.79. The maximum Gasteiger partial charge on any atom is 0.142 e. The number of rotatable bonds is 3. The molecule has 0 aliphatic heterocycles. The van der Waals surface area contributed by atoms with Crippen LogP contribution in [0.3, 0.4) is 0 Å². The Kier molecular flexibility index (Phi) is 4.00. The molecule has 0 fully saturated rings. The van der Waals surface area contributed by atoms with Crippen molar-refractivity contribution in [1.82, 2.24) is 0 Å². The molecule has 0 radical (unpaired) electrons. The number of aliphatic hydroxyl groups excluding tert-OH is 1. The number of aliphatic hydroxyl groups is 1. The summed E-state index contributed by atoms with van der Waals surface area (Å²) in [6, 6.07) is 9.57. The second-order valence-corrected chi connectivity index (χ2v) is 5.16. The topological polar surface area (TPSA) is 55.5 Å². The van der Waals surface area contributed by atoms with Gasteiger partial charge in [0.2, 0.25) is 0 Å². The molecule has 0 saturated carbocycles. The first kappa shape index (κ1) is 14.4. The summed E-state index contributed by atoms with van der Waals surface area (Å²) in [6.45, 7) is 6.11. The van der Waals surface area contributed by atoms with Crippen LogP contribution in [-0.2, 0) is 0 Å². The smallest absolute Gasteiger partial charge is 0.142 e. The zero-order chi connectivity index (χ0) is 14.9. The third kappa shape index (κ3) is 2.49. The molecule has 3 N–H and O–H groups in total. The molecule has 0 heterocycles. The summed E-state index contributed by atoms with van der Waals surface area (Å²) < 4.78 is 5.21. The minimum Gasteiger partial charge on any atom is -0.495 e. The summed E-state index contributed by atoms with van der Waals surface area (Å²) in [6.07, 6.45) is -0.746. The Morgan fingerprint density at radius 1 is 1.00 bits per heavy atom. The van der Waals surface area contributed by atoms with Crippen LogP contribution in [0.25, 0.3) is 0 Å². The average Bonchev–Trinajstić information content (AvgIpc) is 2.42. The number of aryl methyl sites for hydroxylation is 3. The van der Waals surface area contributed by atoms with Crippen LogP contribution in [0.1, 0.15) is 33.9 Å². The Morgan fingerprint density at radius 2 is 1.65 bits per heavy atom. The Balaban J connectivity index is 2.52. The molecule has 0 saturated heterocycles. The van der Waals surface area contributed by atoms with Gasteiger partial charge in [0.25, 0.3) is 0 Å². The molecular formula is C17H21NO2. The number of ether oxygens (including phenoxy) is 1. The molecule has 106 valence electrons. The van der Waals surface area contributed by atoms with Crippen molar-refractivity contribution < 1.29 is 9.84 Å². The maximum atomic E-state index is 10.7. The fraction of sp³-hybridized carbons (Fsp3) is 0.294. The molecule has 3 heteroatoms. The molecule has 0 bridgehead atoms. The van der Waals surface area contributed by atoms with Crippen LogP contribution in [0.5, 0.6) is 5.75 Å². The molecule has 20 heavy (non-hydrogen) atoms. The van der Waals surface area contributed by atoms with E-state index in [9.17, 15) is 5.11 Å². The van der Waals surface area contributed by atoms with Gasteiger partial charge in [0.05, 0.1) is 12.8 Å². The quantitative estimate of drug-likeness (QED) is 0.842. The van der Waals surface area contributed by atoms with E-state index in [1.807, 2.05) is 32.0 Å². The van der Waals surface area contributed by atoms with Gasteiger partial charge in [-0.05, 0) is 49.1 Å². The van der Waals surface area contributed by atoms with Gasteiger partial charge in [0, 0.05) is 5.56 Å². The fourth-order valence-corrected chi connectivity index (χ4v) is 2.42. The van der Waals surface area contributed by atoms with E-state index < -0.39 is 6.10 Å². The van der Waals surface area contributed by atoms with Crippen LogP contribution >= 0.6 is 0 Å². The molecule has 0 aromatic heterocycles.